The Kier molecular flexibility index (Phi) is 7.26. The van der Waals surface area contributed by atoms with Crippen LogP contribution < -0.4 is 0 Å². The summed E-state index contributed by atoms with van der Waals surface area (Å²) >= 11 is 0. The topological polar surface area (TPSA) is 25.8 Å². The molecule has 0 radical (unpaired) electrons. The molecule has 0 bridgehead atoms. The number of benzene rings is 10. The molecule has 1 heterocycles. The first-order chi connectivity index (χ1) is 30.2. The fourth-order valence-corrected chi connectivity index (χ4v) is 10.6. The highest BCUT2D eigenvalue weighted by Crippen LogP contribution is 2.63. The lowest BCUT2D eigenvalue weighted by atomic mass is 9.70. The molecule has 0 fully saturated rings. The largest absolute Gasteiger partial charge is 0.228 e. The summed E-state index contributed by atoms with van der Waals surface area (Å²) in [7, 11) is 0. The van der Waals surface area contributed by atoms with Gasteiger partial charge in [-0.15, -0.1) is 0 Å². The molecule has 2 nitrogen and oxygen atoms in total. The third-order valence-corrected chi connectivity index (χ3v) is 13.3. The number of hydrogen-bond acceptors (Lipinski definition) is 2. The Hall–Kier alpha value is -7.94. The molecule has 1 aromatic heterocycles. The molecule has 0 saturated heterocycles. The lowest BCUT2D eigenvalue weighted by Gasteiger charge is -2.30. The summed E-state index contributed by atoms with van der Waals surface area (Å²) < 4.78 is 0. The molecule has 2 heteroatoms. The van der Waals surface area contributed by atoms with Crippen molar-refractivity contribution in [3.63, 3.8) is 0 Å². The van der Waals surface area contributed by atoms with Gasteiger partial charge in [0.05, 0.1) is 16.8 Å². The van der Waals surface area contributed by atoms with Gasteiger partial charge in [-0.1, -0.05) is 194 Å². The van der Waals surface area contributed by atoms with Crippen molar-refractivity contribution in [3.8, 4) is 67.3 Å². The molecule has 0 amide bonds. The maximum Gasteiger partial charge on any atom is 0.160 e. The van der Waals surface area contributed by atoms with E-state index in [2.05, 4.69) is 212 Å². The van der Waals surface area contributed by atoms with Crippen LogP contribution in [0.25, 0.3) is 99.6 Å². The van der Waals surface area contributed by atoms with Gasteiger partial charge in [0.2, 0.25) is 0 Å². The van der Waals surface area contributed by atoms with Crippen LogP contribution in [0.3, 0.4) is 0 Å². The van der Waals surface area contributed by atoms with E-state index in [4.69, 9.17) is 9.97 Å². The van der Waals surface area contributed by atoms with Crippen LogP contribution in [-0.2, 0) is 5.41 Å². The molecule has 0 atom stereocenters. The summed E-state index contributed by atoms with van der Waals surface area (Å²) in [5.74, 6) is 0.710. The van der Waals surface area contributed by atoms with Crippen molar-refractivity contribution >= 4 is 32.3 Å². The molecule has 0 aliphatic heterocycles. The summed E-state index contributed by atoms with van der Waals surface area (Å²) in [5, 5.41) is 7.57. The summed E-state index contributed by atoms with van der Waals surface area (Å²) in [5.41, 5.74) is 17.4. The zero-order chi connectivity index (χ0) is 40.1. The Bertz CT molecular complexity index is 3540. The first-order valence-electron chi connectivity index (χ1n) is 21.1. The highest BCUT2D eigenvalue weighted by atomic mass is 14.9. The Morgan fingerprint density at radius 3 is 1.51 bits per heavy atom. The average Bonchev–Trinajstić information content (AvgIpc) is 3.80. The number of nitrogens with zero attached hydrogens (tertiary/aromatic N) is 2. The molecule has 0 unspecified atom stereocenters. The predicted molar refractivity (Wildman–Crippen MR) is 253 cm³/mol. The molecule has 282 valence electrons. The van der Waals surface area contributed by atoms with E-state index in [0.29, 0.717) is 5.82 Å². The van der Waals surface area contributed by atoms with Gasteiger partial charge in [0, 0.05) is 16.7 Å². The molecule has 1 spiro atoms. The van der Waals surface area contributed by atoms with Gasteiger partial charge in [-0.3, -0.25) is 0 Å². The standard InChI is InChI=1S/C59H36N2/c1-2-13-39(14-3-1)58-60-56(38-27-25-37(26-28-38)44-20-12-21-45-46(44)31-29-42-33-40-15-4-5-16-41(40)34-50(42)45)36-57(61-58)43-30-32-55-51(35-43)49-19-8-11-24-54(49)59(55)52-22-9-6-17-47(52)48-18-7-10-23-53(48)59/h1-36H. The number of fused-ring (bicyclic) bond motifs is 14. The molecule has 13 rings (SSSR count). The van der Waals surface area contributed by atoms with Gasteiger partial charge in [0.1, 0.15) is 0 Å². The van der Waals surface area contributed by atoms with E-state index in [1.165, 1.54) is 88.0 Å². The van der Waals surface area contributed by atoms with E-state index in [1.54, 1.807) is 0 Å². The lowest BCUT2D eigenvalue weighted by Crippen LogP contribution is -2.25. The van der Waals surface area contributed by atoms with Gasteiger partial charge in [-0.25, -0.2) is 9.97 Å². The molecule has 11 aromatic rings. The van der Waals surface area contributed by atoms with Crippen molar-refractivity contribution in [2.45, 2.75) is 5.41 Å². The van der Waals surface area contributed by atoms with Crippen molar-refractivity contribution in [1.82, 2.24) is 9.97 Å². The van der Waals surface area contributed by atoms with Crippen LogP contribution in [0, 0.1) is 0 Å². The zero-order valence-electron chi connectivity index (χ0n) is 33.2. The van der Waals surface area contributed by atoms with E-state index in [9.17, 15) is 0 Å². The van der Waals surface area contributed by atoms with Crippen LogP contribution in [0.1, 0.15) is 22.3 Å². The SMILES string of the molecule is c1ccc(-c2nc(-c3ccc(-c4cccc5c4ccc4cc6ccccc6cc45)cc3)cc(-c3ccc4c(c3)-c3ccccc3C43c4ccccc4-c4ccccc43)n2)cc1. The number of aromatic nitrogens is 2. The Morgan fingerprint density at radius 2 is 0.803 bits per heavy atom. The minimum atomic E-state index is -0.378. The Balaban J connectivity index is 0.940. The predicted octanol–water partition coefficient (Wildman–Crippen LogP) is 14.9. The second-order valence-corrected chi connectivity index (χ2v) is 16.4. The van der Waals surface area contributed by atoms with Gasteiger partial charge < -0.3 is 0 Å². The van der Waals surface area contributed by atoms with Crippen molar-refractivity contribution < 1.29 is 0 Å². The summed E-state index contributed by atoms with van der Waals surface area (Å²) in [4.78, 5) is 10.5. The molecule has 61 heavy (non-hydrogen) atoms. The van der Waals surface area contributed by atoms with E-state index >= 15 is 0 Å². The Labute approximate surface area is 354 Å². The molecule has 10 aromatic carbocycles. The van der Waals surface area contributed by atoms with Crippen LogP contribution in [0.4, 0.5) is 0 Å². The minimum Gasteiger partial charge on any atom is -0.228 e. The molecule has 2 aliphatic carbocycles. The van der Waals surface area contributed by atoms with Crippen LogP contribution in [0.5, 0.6) is 0 Å². The van der Waals surface area contributed by atoms with Gasteiger partial charge >= 0.3 is 0 Å². The quantitative estimate of drug-likeness (QED) is 0.132. The number of hydrogen-bond donors (Lipinski definition) is 0. The summed E-state index contributed by atoms with van der Waals surface area (Å²) in [6.07, 6.45) is 0. The molecule has 0 saturated carbocycles. The highest BCUT2D eigenvalue weighted by Gasteiger charge is 2.51. The smallest absolute Gasteiger partial charge is 0.160 e. The molecular weight excluding hydrogens is 737 g/mol. The van der Waals surface area contributed by atoms with Gasteiger partial charge in [0.25, 0.3) is 0 Å². The Morgan fingerprint density at radius 1 is 0.262 bits per heavy atom. The average molecular weight is 773 g/mol. The summed E-state index contributed by atoms with van der Waals surface area (Å²) in [6, 6.07) is 79.7. The molecule has 2 aliphatic rings. The van der Waals surface area contributed by atoms with Gasteiger partial charge in [-0.05, 0) is 112 Å². The van der Waals surface area contributed by atoms with Crippen LogP contribution in [0.2, 0.25) is 0 Å². The minimum absolute atomic E-state index is 0.378. The third kappa shape index (κ3) is 4.97. The van der Waals surface area contributed by atoms with Gasteiger partial charge in [0.15, 0.2) is 5.82 Å². The maximum atomic E-state index is 5.27. The highest BCUT2D eigenvalue weighted by molar-refractivity contribution is 6.15. The fourth-order valence-electron chi connectivity index (χ4n) is 10.6. The maximum absolute atomic E-state index is 5.27. The van der Waals surface area contributed by atoms with Crippen molar-refractivity contribution in [1.29, 1.82) is 0 Å². The van der Waals surface area contributed by atoms with E-state index in [-0.39, 0.29) is 5.41 Å². The van der Waals surface area contributed by atoms with Gasteiger partial charge in [-0.2, -0.15) is 0 Å². The van der Waals surface area contributed by atoms with E-state index in [0.717, 1.165) is 28.1 Å². The first-order valence-corrected chi connectivity index (χ1v) is 21.1. The van der Waals surface area contributed by atoms with Crippen LogP contribution in [-0.4, -0.2) is 9.97 Å². The first kappa shape index (κ1) is 34.0. The van der Waals surface area contributed by atoms with Crippen molar-refractivity contribution in [2.24, 2.45) is 0 Å². The fraction of sp³-hybridized carbons (Fsp3) is 0.0169. The molecule has 0 N–H and O–H groups in total. The molecular formula is C59H36N2. The summed E-state index contributed by atoms with van der Waals surface area (Å²) in [6.45, 7) is 0. The van der Waals surface area contributed by atoms with Crippen molar-refractivity contribution in [3.05, 3.63) is 241 Å². The number of rotatable bonds is 4. The lowest BCUT2D eigenvalue weighted by molar-refractivity contribution is 0.794. The normalized spacial score (nSPS) is 13.0. The van der Waals surface area contributed by atoms with E-state index in [1.807, 2.05) is 6.07 Å². The monoisotopic (exact) mass is 772 g/mol. The van der Waals surface area contributed by atoms with Crippen LogP contribution >= 0.6 is 0 Å². The second-order valence-electron chi connectivity index (χ2n) is 16.4. The van der Waals surface area contributed by atoms with Crippen molar-refractivity contribution in [2.75, 3.05) is 0 Å². The second kappa shape index (κ2) is 13.0. The van der Waals surface area contributed by atoms with E-state index < -0.39 is 0 Å². The zero-order valence-corrected chi connectivity index (χ0v) is 33.2. The third-order valence-electron chi connectivity index (χ3n) is 13.3. The van der Waals surface area contributed by atoms with Crippen LogP contribution in [0.15, 0.2) is 218 Å².